The zero-order valence-corrected chi connectivity index (χ0v) is 20.4. The van der Waals surface area contributed by atoms with E-state index in [1.807, 2.05) is 18.2 Å². The predicted octanol–water partition coefficient (Wildman–Crippen LogP) is 1.98. The smallest absolute Gasteiger partial charge is 0.225 e. The minimum Gasteiger partial charge on any atom is -0.497 e. The van der Waals surface area contributed by atoms with E-state index < -0.39 is 0 Å². The van der Waals surface area contributed by atoms with Crippen LogP contribution < -0.4 is 26.0 Å². The number of unbranched alkanes of at least 4 members (excludes halogenated alkanes) is 1. The van der Waals surface area contributed by atoms with Crippen molar-refractivity contribution in [2.75, 3.05) is 58.0 Å². The highest BCUT2D eigenvalue weighted by Crippen LogP contribution is 2.27. The summed E-state index contributed by atoms with van der Waals surface area (Å²) in [4.78, 5) is 35.0. The molecule has 2 aromatic rings. The number of methoxy groups -OCH3 is 1. The van der Waals surface area contributed by atoms with Gasteiger partial charge in [0.25, 0.3) is 0 Å². The quantitative estimate of drug-likeness (QED) is 0.347. The van der Waals surface area contributed by atoms with Crippen LogP contribution in [0.5, 0.6) is 5.75 Å². The Hall–Kier alpha value is -3.14. The van der Waals surface area contributed by atoms with Gasteiger partial charge >= 0.3 is 0 Å². The van der Waals surface area contributed by atoms with E-state index in [4.69, 9.17) is 9.72 Å². The number of carbonyl (C=O) groups excluding carboxylic acids is 2. The zero-order chi connectivity index (χ0) is 24.3. The number of likely N-dealkylation sites (tertiary alicyclic amines) is 1. The summed E-state index contributed by atoms with van der Waals surface area (Å²) in [6.45, 7) is 3.09. The monoisotopic (exact) mass is 471 g/mol. The van der Waals surface area contributed by atoms with Crippen LogP contribution in [-0.2, 0) is 9.59 Å². The molecule has 0 spiro atoms. The number of rotatable bonds is 12. The lowest BCUT2D eigenvalue weighted by atomic mass is 10.1. The van der Waals surface area contributed by atoms with Gasteiger partial charge in [-0.2, -0.15) is 4.98 Å². The average molecular weight is 472 g/mol. The number of nitrogens with one attached hydrogen (secondary N) is 4. The molecule has 4 N–H and O–H groups in total. The van der Waals surface area contributed by atoms with Gasteiger partial charge in [-0.1, -0.05) is 0 Å². The molecule has 1 saturated heterocycles. The summed E-state index contributed by atoms with van der Waals surface area (Å²) in [5.41, 5.74) is 0.799. The van der Waals surface area contributed by atoms with E-state index in [9.17, 15) is 9.59 Å². The Labute approximate surface area is 201 Å². The fourth-order valence-electron chi connectivity index (χ4n) is 3.93. The highest BCUT2D eigenvalue weighted by molar-refractivity contribution is 5.91. The second kappa shape index (κ2) is 12.9. The maximum absolute atomic E-state index is 12.0. The first kappa shape index (κ1) is 25.5. The van der Waals surface area contributed by atoms with Crippen LogP contribution in [0, 0.1) is 0 Å². The second-order valence-electron chi connectivity index (χ2n) is 8.66. The van der Waals surface area contributed by atoms with Crippen molar-refractivity contribution in [1.29, 1.82) is 0 Å². The lowest BCUT2D eigenvalue weighted by Crippen LogP contribution is -2.37. The number of fused-ring (bicyclic) bond motifs is 1. The Morgan fingerprint density at radius 2 is 1.82 bits per heavy atom. The van der Waals surface area contributed by atoms with Crippen LogP contribution in [0.2, 0.25) is 0 Å². The molecule has 0 atom stereocenters. The highest BCUT2D eigenvalue weighted by Gasteiger charge is 2.18. The molecule has 10 nitrogen and oxygen atoms in total. The molecule has 2 amide bonds. The normalized spacial score (nSPS) is 14.6. The van der Waals surface area contributed by atoms with Crippen LogP contribution in [0.15, 0.2) is 18.2 Å². The van der Waals surface area contributed by atoms with Crippen LogP contribution in [0.1, 0.15) is 38.5 Å². The first-order valence-corrected chi connectivity index (χ1v) is 12.0. The number of nitrogens with zero attached hydrogens (tertiary/aromatic N) is 3. The standard InChI is InChI=1S/C24H37N7O3/c1-25-21(32)6-4-5-7-22(33)26-12-13-27-24-29-20-16-18(34-3)8-9-19(20)23(30-24)28-17-10-14-31(2)15-11-17/h8-9,16-17H,4-7,10-15H2,1-3H3,(H,25,32)(H,26,33)(H2,27,28,29,30). The first-order valence-electron chi connectivity index (χ1n) is 12.0. The third-order valence-corrected chi connectivity index (χ3v) is 6.03. The van der Waals surface area contributed by atoms with E-state index in [1.165, 1.54) is 0 Å². The average Bonchev–Trinajstić information content (AvgIpc) is 2.85. The predicted molar refractivity (Wildman–Crippen MR) is 134 cm³/mol. The molecule has 34 heavy (non-hydrogen) atoms. The van der Waals surface area contributed by atoms with Crippen LogP contribution in [0.3, 0.4) is 0 Å². The Balaban J connectivity index is 1.55. The van der Waals surface area contributed by atoms with Gasteiger partial charge in [-0.3, -0.25) is 9.59 Å². The summed E-state index contributed by atoms with van der Waals surface area (Å²) in [6, 6.07) is 6.18. The number of amides is 2. The Kier molecular flexibility index (Phi) is 9.69. The molecule has 0 aliphatic carbocycles. The molecule has 10 heteroatoms. The van der Waals surface area contributed by atoms with Crippen molar-refractivity contribution in [3.63, 3.8) is 0 Å². The van der Waals surface area contributed by atoms with Crippen molar-refractivity contribution in [2.45, 2.75) is 44.6 Å². The van der Waals surface area contributed by atoms with Crippen LogP contribution in [-0.4, -0.2) is 80.1 Å². The van der Waals surface area contributed by atoms with Crippen molar-refractivity contribution >= 4 is 34.5 Å². The van der Waals surface area contributed by atoms with Gasteiger partial charge in [0.2, 0.25) is 17.8 Å². The molecule has 1 aromatic heterocycles. The van der Waals surface area contributed by atoms with Crippen molar-refractivity contribution in [1.82, 2.24) is 25.5 Å². The maximum atomic E-state index is 12.0. The molecular formula is C24H37N7O3. The SMILES string of the molecule is CNC(=O)CCCCC(=O)NCCNc1nc(NC2CCN(C)CC2)c2ccc(OC)cc2n1. The third-order valence-electron chi connectivity index (χ3n) is 6.03. The second-order valence-corrected chi connectivity index (χ2v) is 8.66. The van der Waals surface area contributed by atoms with E-state index in [0.717, 1.165) is 48.4 Å². The van der Waals surface area contributed by atoms with Crippen molar-refractivity contribution in [3.8, 4) is 5.75 Å². The maximum Gasteiger partial charge on any atom is 0.225 e. The minimum atomic E-state index is -0.0208. The number of aromatic nitrogens is 2. The lowest BCUT2D eigenvalue weighted by molar-refractivity contribution is -0.122. The summed E-state index contributed by atoms with van der Waals surface area (Å²) in [6.07, 6.45) is 4.38. The number of piperidine rings is 1. The molecule has 1 aromatic carbocycles. The summed E-state index contributed by atoms with van der Waals surface area (Å²) in [5, 5.41) is 13.3. The number of carbonyl (C=O) groups is 2. The molecule has 0 radical (unpaired) electrons. The van der Waals surface area contributed by atoms with Gasteiger partial charge in [0.05, 0.1) is 12.6 Å². The summed E-state index contributed by atoms with van der Waals surface area (Å²) in [5.74, 6) is 2.04. The van der Waals surface area contributed by atoms with Crippen LogP contribution in [0.25, 0.3) is 10.9 Å². The molecule has 1 aliphatic heterocycles. The summed E-state index contributed by atoms with van der Waals surface area (Å²) in [7, 11) is 5.40. The molecule has 1 fully saturated rings. The number of ether oxygens (including phenoxy) is 1. The van der Waals surface area contributed by atoms with E-state index in [0.29, 0.717) is 50.8 Å². The molecule has 186 valence electrons. The van der Waals surface area contributed by atoms with Gasteiger partial charge in [0.1, 0.15) is 11.6 Å². The zero-order valence-electron chi connectivity index (χ0n) is 20.4. The van der Waals surface area contributed by atoms with Gasteiger partial charge in [0, 0.05) is 50.5 Å². The minimum absolute atomic E-state index is 0.00213. The molecule has 0 unspecified atom stereocenters. The number of benzene rings is 1. The number of anilines is 2. The molecule has 2 heterocycles. The van der Waals surface area contributed by atoms with Gasteiger partial charge < -0.3 is 30.9 Å². The number of hydrogen-bond donors (Lipinski definition) is 4. The van der Waals surface area contributed by atoms with E-state index in [-0.39, 0.29) is 11.8 Å². The van der Waals surface area contributed by atoms with Crippen LogP contribution >= 0.6 is 0 Å². The lowest BCUT2D eigenvalue weighted by Gasteiger charge is -2.30. The van der Waals surface area contributed by atoms with Gasteiger partial charge in [-0.15, -0.1) is 0 Å². The Morgan fingerprint density at radius 3 is 2.53 bits per heavy atom. The van der Waals surface area contributed by atoms with Crippen molar-refractivity contribution in [3.05, 3.63) is 18.2 Å². The van der Waals surface area contributed by atoms with E-state index >= 15 is 0 Å². The van der Waals surface area contributed by atoms with E-state index in [2.05, 4.69) is 38.2 Å². The fraction of sp³-hybridized carbons (Fsp3) is 0.583. The number of hydrogen-bond acceptors (Lipinski definition) is 8. The molecule has 0 saturated carbocycles. The summed E-state index contributed by atoms with van der Waals surface area (Å²) >= 11 is 0. The van der Waals surface area contributed by atoms with Gasteiger partial charge in [-0.25, -0.2) is 4.98 Å². The highest BCUT2D eigenvalue weighted by atomic mass is 16.5. The topological polar surface area (TPSA) is 121 Å². The largest absolute Gasteiger partial charge is 0.497 e. The molecule has 1 aliphatic rings. The van der Waals surface area contributed by atoms with Crippen molar-refractivity contribution < 1.29 is 14.3 Å². The molecule has 3 rings (SSSR count). The van der Waals surface area contributed by atoms with Crippen molar-refractivity contribution in [2.24, 2.45) is 0 Å². The summed E-state index contributed by atoms with van der Waals surface area (Å²) < 4.78 is 5.37. The first-order chi connectivity index (χ1) is 16.5. The Bertz CT molecular complexity index is 961. The van der Waals surface area contributed by atoms with Gasteiger partial charge in [0.15, 0.2) is 0 Å². The Morgan fingerprint density at radius 1 is 1.09 bits per heavy atom. The molecule has 0 bridgehead atoms. The van der Waals surface area contributed by atoms with Gasteiger partial charge in [-0.05, 0) is 58.0 Å². The molecular weight excluding hydrogens is 434 g/mol. The third kappa shape index (κ3) is 7.72. The van der Waals surface area contributed by atoms with E-state index in [1.54, 1.807) is 14.2 Å². The van der Waals surface area contributed by atoms with Crippen LogP contribution in [0.4, 0.5) is 11.8 Å². The fourth-order valence-corrected chi connectivity index (χ4v) is 3.93.